The third kappa shape index (κ3) is 2.18. The molecule has 15 heavy (non-hydrogen) atoms. The van der Waals surface area contributed by atoms with E-state index >= 15 is 0 Å². The third-order valence-corrected chi connectivity index (χ3v) is 5.33. The zero-order valence-corrected chi connectivity index (χ0v) is 9.84. The minimum absolute atomic E-state index is 0.256. The lowest BCUT2D eigenvalue weighted by Crippen LogP contribution is -2.22. The molecule has 84 valence electrons. The molecule has 1 aliphatic rings. The smallest absolute Gasteiger partial charge is 0.154 e. The predicted molar refractivity (Wildman–Crippen MR) is 58.6 cm³/mol. The monoisotopic (exact) mass is 248 g/mol. The van der Waals surface area contributed by atoms with E-state index in [1.165, 1.54) is 0 Å². The average molecular weight is 249 g/mol. The molecule has 6 heteroatoms. The van der Waals surface area contributed by atoms with Crippen LogP contribution in [0.1, 0.15) is 18.5 Å². The van der Waals surface area contributed by atoms with Crippen LogP contribution in [-0.2, 0) is 22.3 Å². The fourth-order valence-electron chi connectivity index (χ4n) is 1.91. The molecule has 0 amide bonds. The van der Waals surface area contributed by atoms with Crippen molar-refractivity contribution in [1.82, 2.24) is 9.55 Å². The van der Waals surface area contributed by atoms with Gasteiger partial charge < -0.3 is 4.57 Å². The van der Waals surface area contributed by atoms with E-state index < -0.39 is 9.84 Å². The molecule has 2 heterocycles. The van der Waals surface area contributed by atoms with Gasteiger partial charge in [-0.15, -0.1) is 11.6 Å². The third-order valence-electron chi connectivity index (χ3n) is 2.80. The van der Waals surface area contributed by atoms with Crippen LogP contribution in [0, 0.1) is 0 Å². The van der Waals surface area contributed by atoms with E-state index in [4.69, 9.17) is 11.6 Å². The molecule has 2 rings (SSSR count). The zero-order chi connectivity index (χ0) is 10.9. The van der Waals surface area contributed by atoms with Crippen LogP contribution < -0.4 is 0 Å². The highest BCUT2D eigenvalue weighted by molar-refractivity contribution is 7.92. The zero-order valence-electron chi connectivity index (χ0n) is 8.26. The maximum Gasteiger partial charge on any atom is 0.154 e. The predicted octanol–water partition coefficient (Wildman–Crippen LogP) is 1.20. The van der Waals surface area contributed by atoms with E-state index in [1.54, 1.807) is 12.5 Å². The topological polar surface area (TPSA) is 52.0 Å². The molecule has 1 unspecified atom stereocenters. The molecule has 1 saturated heterocycles. The van der Waals surface area contributed by atoms with Gasteiger partial charge in [0.05, 0.1) is 28.9 Å². The standard InChI is InChI=1S/C9H13ClN2O2S/c10-4-8-5-11-7-12(8)6-9-2-1-3-15(9,13)14/h5,7,9H,1-4,6H2. The molecule has 1 aromatic rings. The Morgan fingerprint density at radius 1 is 1.60 bits per heavy atom. The van der Waals surface area contributed by atoms with Crippen molar-refractivity contribution < 1.29 is 8.42 Å². The number of rotatable bonds is 3. The van der Waals surface area contributed by atoms with E-state index in [1.807, 2.05) is 4.57 Å². The van der Waals surface area contributed by atoms with Crippen LogP contribution in [-0.4, -0.2) is 29.0 Å². The second-order valence-corrected chi connectivity index (χ2v) is 6.47. The highest BCUT2D eigenvalue weighted by Gasteiger charge is 2.31. The van der Waals surface area contributed by atoms with Gasteiger partial charge in [0.15, 0.2) is 9.84 Å². The van der Waals surface area contributed by atoms with Crippen LogP contribution >= 0.6 is 11.6 Å². The van der Waals surface area contributed by atoms with Crippen LogP contribution in [0.3, 0.4) is 0 Å². The van der Waals surface area contributed by atoms with Gasteiger partial charge in [0.2, 0.25) is 0 Å². The first-order chi connectivity index (χ1) is 7.13. The summed E-state index contributed by atoms with van der Waals surface area (Å²) in [6.07, 6.45) is 4.85. The van der Waals surface area contributed by atoms with Crippen LogP contribution in [0.2, 0.25) is 0 Å². The van der Waals surface area contributed by atoms with Crippen LogP contribution in [0.15, 0.2) is 12.5 Å². The Morgan fingerprint density at radius 2 is 2.40 bits per heavy atom. The lowest BCUT2D eigenvalue weighted by Gasteiger charge is -2.11. The van der Waals surface area contributed by atoms with Crippen molar-refractivity contribution in [2.45, 2.75) is 30.5 Å². The van der Waals surface area contributed by atoms with Crippen LogP contribution in [0.4, 0.5) is 0 Å². The molecule has 1 aliphatic heterocycles. The summed E-state index contributed by atoms with van der Waals surface area (Å²) in [5.41, 5.74) is 0.874. The van der Waals surface area contributed by atoms with Crippen molar-refractivity contribution in [3.8, 4) is 0 Å². The molecule has 0 aromatic carbocycles. The Kier molecular flexibility index (Phi) is 3.02. The molecule has 0 aliphatic carbocycles. The lowest BCUT2D eigenvalue weighted by molar-refractivity contribution is 0.562. The number of hydrogen-bond acceptors (Lipinski definition) is 3. The van der Waals surface area contributed by atoms with Gasteiger partial charge in [0.25, 0.3) is 0 Å². The molecule has 1 atom stereocenters. The van der Waals surface area contributed by atoms with Gasteiger partial charge in [-0.1, -0.05) is 0 Å². The second kappa shape index (κ2) is 4.14. The van der Waals surface area contributed by atoms with Gasteiger partial charge in [0, 0.05) is 12.7 Å². The van der Waals surface area contributed by atoms with E-state index in [0.29, 0.717) is 18.2 Å². The van der Waals surface area contributed by atoms with Crippen LogP contribution in [0.5, 0.6) is 0 Å². The fourth-order valence-corrected chi connectivity index (χ4v) is 3.94. The molecule has 4 nitrogen and oxygen atoms in total. The Bertz CT molecular complexity index is 441. The lowest BCUT2D eigenvalue weighted by atomic mass is 10.2. The van der Waals surface area contributed by atoms with E-state index in [9.17, 15) is 8.42 Å². The summed E-state index contributed by atoms with van der Waals surface area (Å²) in [4.78, 5) is 3.97. The van der Waals surface area contributed by atoms with Gasteiger partial charge in [-0.05, 0) is 12.8 Å². The molecular formula is C9H13ClN2O2S. The largest absolute Gasteiger partial charge is 0.332 e. The van der Waals surface area contributed by atoms with Crippen molar-refractivity contribution in [2.75, 3.05) is 5.75 Å². The highest BCUT2D eigenvalue weighted by Crippen LogP contribution is 2.22. The van der Waals surface area contributed by atoms with E-state index in [0.717, 1.165) is 18.5 Å². The molecule has 0 saturated carbocycles. The minimum Gasteiger partial charge on any atom is -0.332 e. The molecule has 1 fully saturated rings. The molecule has 0 radical (unpaired) electrons. The Hall–Kier alpha value is -0.550. The van der Waals surface area contributed by atoms with Crippen molar-refractivity contribution in [1.29, 1.82) is 0 Å². The van der Waals surface area contributed by atoms with Crippen LogP contribution in [0.25, 0.3) is 0 Å². The Morgan fingerprint density at radius 3 is 3.00 bits per heavy atom. The maximum absolute atomic E-state index is 11.6. The quantitative estimate of drug-likeness (QED) is 0.756. The molecule has 1 aromatic heterocycles. The van der Waals surface area contributed by atoms with Gasteiger partial charge in [-0.25, -0.2) is 13.4 Å². The van der Waals surface area contributed by atoms with Crippen molar-refractivity contribution in [3.63, 3.8) is 0 Å². The summed E-state index contributed by atoms with van der Waals surface area (Å²) in [6.45, 7) is 0.490. The van der Waals surface area contributed by atoms with Crippen molar-refractivity contribution >= 4 is 21.4 Å². The summed E-state index contributed by atoms with van der Waals surface area (Å²) < 4.78 is 25.1. The number of aromatic nitrogens is 2. The number of hydrogen-bond donors (Lipinski definition) is 0. The van der Waals surface area contributed by atoms with Gasteiger partial charge in [0.1, 0.15) is 0 Å². The molecular weight excluding hydrogens is 236 g/mol. The number of nitrogens with zero attached hydrogens (tertiary/aromatic N) is 2. The fraction of sp³-hybridized carbons (Fsp3) is 0.667. The summed E-state index contributed by atoms with van der Waals surface area (Å²) in [5, 5.41) is -0.256. The maximum atomic E-state index is 11.6. The second-order valence-electron chi connectivity index (χ2n) is 3.80. The molecule has 0 bridgehead atoms. The SMILES string of the molecule is O=S1(=O)CCCC1Cn1cncc1CCl. The average Bonchev–Trinajstić information content (AvgIpc) is 2.74. The van der Waals surface area contributed by atoms with Gasteiger partial charge in [-0.2, -0.15) is 0 Å². The summed E-state index contributed by atoms with van der Waals surface area (Å²) in [6, 6.07) is 0. The van der Waals surface area contributed by atoms with Crippen molar-refractivity contribution in [3.05, 3.63) is 18.2 Å². The number of alkyl halides is 1. The first kappa shape index (κ1) is 11.0. The molecule has 0 N–H and O–H groups in total. The summed E-state index contributed by atoms with van der Waals surface area (Å²) in [5.74, 6) is 0.690. The Labute approximate surface area is 94.2 Å². The minimum atomic E-state index is -2.88. The van der Waals surface area contributed by atoms with E-state index in [-0.39, 0.29) is 5.25 Å². The van der Waals surface area contributed by atoms with Gasteiger partial charge >= 0.3 is 0 Å². The summed E-state index contributed by atoms with van der Waals surface area (Å²) >= 11 is 5.72. The first-order valence-electron chi connectivity index (χ1n) is 4.90. The summed E-state index contributed by atoms with van der Waals surface area (Å²) in [7, 11) is -2.88. The Balaban J connectivity index is 2.16. The molecule has 0 spiro atoms. The highest BCUT2D eigenvalue weighted by atomic mass is 35.5. The normalized spacial score (nSPS) is 24.5. The van der Waals surface area contributed by atoms with E-state index in [2.05, 4.69) is 4.98 Å². The van der Waals surface area contributed by atoms with Crippen molar-refractivity contribution in [2.24, 2.45) is 0 Å². The number of sulfone groups is 1. The number of halogens is 1. The number of imidazole rings is 1. The first-order valence-corrected chi connectivity index (χ1v) is 7.15. The van der Waals surface area contributed by atoms with Gasteiger partial charge in [-0.3, -0.25) is 0 Å².